The number of aromatic nitrogens is 2. The quantitative estimate of drug-likeness (QED) is 0.168. The van der Waals surface area contributed by atoms with E-state index in [4.69, 9.17) is 8.83 Å². The molecule has 2 heterocycles. The summed E-state index contributed by atoms with van der Waals surface area (Å²) in [4.78, 5) is 8.54. The number of oxazole rings is 2. The summed E-state index contributed by atoms with van der Waals surface area (Å²) < 4.78 is 119. The van der Waals surface area contributed by atoms with Gasteiger partial charge < -0.3 is 18.3 Å². The molecule has 0 bridgehead atoms. The van der Waals surface area contributed by atoms with Crippen molar-refractivity contribution < 1.29 is 49.0 Å². The summed E-state index contributed by atoms with van der Waals surface area (Å²) in [6.45, 7) is 4.00. The maximum atomic E-state index is 15.6. The van der Waals surface area contributed by atoms with Gasteiger partial charge in [-0.25, -0.2) is 9.97 Å². The molecule has 0 amide bonds. The Morgan fingerprint density at radius 2 is 0.826 bits per heavy atom. The van der Waals surface area contributed by atoms with Crippen LogP contribution < -0.4 is 9.47 Å². The first-order valence-corrected chi connectivity index (χ1v) is 13.8. The minimum atomic E-state index is -5.58. The molecule has 46 heavy (non-hydrogen) atoms. The van der Waals surface area contributed by atoms with Crippen LogP contribution in [-0.2, 0) is 0 Å². The van der Waals surface area contributed by atoms with Gasteiger partial charge in [-0.2, -0.15) is 26.3 Å². The van der Waals surface area contributed by atoms with Crippen LogP contribution in [0.25, 0.3) is 45.1 Å². The summed E-state index contributed by atoms with van der Waals surface area (Å²) in [5.41, 5.74) is 2.75. The second-order valence-electron chi connectivity index (χ2n) is 9.57. The zero-order chi connectivity index (χ0) is 33.3. The second-order valence-corrected chi connectivity index (χ2v) is 9.57. The number of benzene rings is 4. The van der Waals surface area contributed by atoms with Crippen molar-refractivity contribution in [3.05, 3.63) is 97.1 Å². The van der Waals surface area contributed by atoms with Crippen LogP contribution in [0.2, 0.25) is 0 Å². The molecule has 1 fully saturated rings. The Bertz CT molecular complexity index is 1740. The molecule has 0 N–H and O–H groups in total. The SMILES string of the molecule is CC.CF.FC1(F)C(F)(F)C(F)(Oc2ccc(-c3nc4ccccc4o3)cc2)C1(F)Oc1ccc(-c2nc3ccccc3o2)cc1. The Morgan fingerprint density at radius 3 is 1.15 bits per heavy atom. The number of para-hydroxylation sites is 4. The smallest absolute Gasteiger partial charge is 0.395 e. The van der Waals surface area contributed by atoms with Crippen molar-refractivity contribution in [1.82, 2.24) is 9.97 Å². The maximum Gasteiger partial charge on any atom is 0.395 e. The number of ether oxygens (including phenoxy) is 2. The number of rotatable bonds is 6. The molecule has 7 rings (SSSR count). The van der Waals surface area contributed by atoms with Gasteiger partial charge >= 0.3 is 23.6 Å². The third kappa shape index (κ3) is 4.90. The van der Waals surface area contributed by atoms with Gasteiger partial charge in [-0.05, 0) is 72.8 Å². The Kier molecular flexibility index (Phi) is 8.45. The van der Waals surface area contributed by atoms with Gasteiger partial charge in [-0.15, -0.1) is 0 Å². The number of nitrogens with zero attached hydrogens (tertiary/aromatic N) is 2. The van der Waals surface area contributed by atoms with Gasteiger partial charge in [-0.3, -0.25) is 4.39 Å². The summed E-state index contributed by atoms with van der Waals surface area (Å²) in [5.74, 6) is -21.9. The predicted octanol–water partition coefficient (Wildman–Crippen LogP) is 9.99. The minimum Gasteiger partial charge on any atom is -0.447 e. The number of hydrogen-bond donors (Lipinski definition) is 0. The van der Waals surface area contributed by atoms with E-state index in [0.717, 1.165) is 24.3 Å². The average molecular weight is 647 g/mol. The van der Waals surface area contributed by atoms with Crippen LogP contribution in [0.3, 0.4) is 0 Å². The fraction of sp³-hybridized carbons (Fsp3) is 0.212. The molecular weight excluding hydrogens is 621 g/mol. The Morgan fingerprint density at radius 1 is 0.500 bits per heavy atom. The molecule has 2 unspecified atom stereocenters. The number of fused-ring (bicyclic) bond motifs is 2. The first-order valence-electron chi connectivity index (χ1n) is 13.8. The second kappa shape index (κ2) is 12.0. The molecule has 1 aliphatic rings. The summed E-state index contributed by atoms with van der Waals surface area (Å²) in [7, 11) is 0.500. The normalized spacial score (nSPS) is 20.9. The van der Waals surface area contributed by atoms with E-state index >= 15 is 8.78 Å². The van der Waals surface area contributed by atoms with E-state index in [2.05, 4.69) is 19.4 Å². The highest BCUT2D eigenvalue weighted by molar-refractivity contribution is 5.77. The molecule has 0 spiro atoms. The zero-order valence-electron chi connectivity index (χ0n) is 24.4. The van der Waals surface area contributed by atoms with E-state index in [0.29, 0.717) is 40.5 Å². The Hall–Kier alpha value is -5.07. The lowest BCUT2D eigenvalue weighted by Gasteiger charge is -2.55. The molecule has 13 heteroatoms. The largest absolute Gasteiger partial charge is 0.447 e. The molecule has 2 atom stereocenters. The fourth-order valence-electron chi connectivity index (χ4n) is 4.65. The lowest BCUT2D eigenvalue weighted by molar-refractivity contribution is -0.527. The van der Waals surface area contributed by atoms with E-state index in [-0.39, 0.29) is 11.8 Å². The van der Waals surface area contributed by atoms with Crippen LogP contribution in [0, 0.1) is 0 Å². The first-order chi connectivity index (χ1) is 22.0. The topological polar surface area (TPSA) is 70.5 Å². The Balaban J connectivity index is 0.00000100. The molecule has 240 valence electrons. The molecule has 0 saturated heterocycles. The van der Waals surface area contributed by atoms with Crippen LogP contribution in [-0.4, -0.2) is 40.7 Å². The van der Waals surface area contributed by atoms with E-state index in [1.807, 2.05) is 13.8 Å². The van der Waals surface area contributed by atoms with Crippen molar-refractivity contribution in [1.29, 1.82) is 0 Å². The van der Waals surface area contributed by atoms with Crippen LogP contribution >= 0.6 is 0 Å². The number of alkyl halides is 7. The third-order valence-corrected chi connectivity index (χ3v) is 6.92. The molecule has 6 nitrogen and oxygen atoms in total. The maximum absolute atomic E-state index is 15.6. The summed E-state index contributed by atoms with van der Waals surface area (Å²) in [6.07, 6.45) is 0. The molecule has 1 saturated carbocycles. The molecule has 0 aliphatic heterocycles. The van der Waals surface area contributed by atoms with E-state index in [9.17, 15) is 22.0 Å². The summed E-state index contributed by atoms with van der Waals surface area (Å²) in [5, 5.41) is 0. The van der Waals surface area contributed by atoms with Crippen molar-refractivity contribution in [2.45, 2.75) is 37.4 Å². The monoisotopic (exact) mass is 646 g/mol. The van der Waals surface area contributed by atoms with Crippen molar-refractivity contribution in [3.8, 4) is 34.4 Å². The minimum absolute atomic E-state index is 0.155. The van der Waals surface area contributed by atoms with Gasteiger partial charge in [0.1, 0.15) is 22.5 Å². The van der Waals surface area contributed by atoms with Gasteiger partial charge in [0, 0.05) is 11.1 Å². The highest BCUT2D eigenvalue weighted by Gasteiger charge is 3.03. The predicted molar refractivity (Wildman–Crippen MR) is 156 cm³/mol. The molecule has 1 aliphatic carbocycles. The van der Waals surface area contributed by atoms with Gasteiger partial charge in [0.2, 0.25) is 11.8 Å². The standard InChI is InChI=1S/C30H16F6N2O4.C2H6.CH3F/c31-27(32)28(33,34)30(36,42-20-15-11-18(12-16-20)26-38-22-6-2-4-8-24(22)40-26)29(27,35)41-19-13-9-17(10-14-19)25-37-21-5-1-3-7-23(21)39-25;2*1-2/h1-16H;1-2H3;1H3. The average Bonchev–Trinajstić information content (AvgIpc) is 3.72. The lowest BCUT2D eigenvalue weighted by atomic mass is 9.76. The van der Waals surface area contributed by atoms with Crippen LogP contribution in [0.5, 0.6) is 11.5 Å². The van der Waals surface area contributed by atoms with E-state index in [1.54, 1.807) is 48.5 Å². The van der Waals surface area contributed by atoms with Crippen molar-refractivity contribution in [2.75, 3.05) is 7.18 Å². The van der Waals surface area contributed by atoms with Crippen molar-refractivity contribution in [2.24, 2.45) is 0 Å². The van der Waals surface area contributed by atoms with Gasteiger partial charge in [0.05, 0.1) is 7.18 Å². The summed E-state index contributed by atoms with van der Waals surface area (Å²) >= 11 is 0. The van der Waals surface area contributed by atoms with Crippen LogP contribution in [0.15, 0.2) is 106 Å². The molecular formula is C33H25F7N2O4. The molecule has 4 aromatic carbocycles. The summed E-state index contributed by atoms with van der Waals surface area (Å²) in [6, 6.07) is 22.8. The van der Waals surface area contributed by atoms with E-state index in [1.165, 1.54) is 24.3 Å². The van der Waals surface area contributed by atoms with Gasteiger partial charge in [-0.1, -0.05) is 38.1 Å². The lowest BCUT2D eigenvalue weighted by Crippen LogP contribution is -2.89. The number of halogens is 7. The third-order valence-electron chi connectivity index (χ3n) is 6.92. The fourth-order valence-corrected chi connectivity index (χ4v) is 4.65. The van der Waals surface area contributed by atoms with Crippen LogP contribution in [0.1, 0.15) is 13.8 Å². The highest BCUT2D eigenvalue weighted by Crippen LogP contribution is 2.68. The molecule has 0 radical (unpaired) electrons. The van der Waals surface area contributed by atoms with Crippen LogP contribution in [0.4, 0.5) is 30.7 Å². The Labute approximate surface area is 257 Å². The first kappa shape index (κ1) is 32.3. The number of hydrogen-bond acceptors (Lipinski definition) is 6. The molecule has 2 aromatic heterocycles. The molecule has 6 aromatic rings. The van der Waals surface area contributed by atoms with E-state index < -0.39 is 35.1 Å². The van der Waals surface area contributed by atoms with Gasteiger partial charge in [0.15, 0.2) is 11.2 Å². The van der Waals surface area contributed by atoms with Crippen molar-refractivity contribution in [3.63, 3.8) is 0 Å². The van der Waals surface area contributed by atoms with Crippen molar-refractivity contribution >= 4 is 22.2 Å². The zero-order valence-corrected chi connectivity index (χ0v) is 24.4. The highest BCUT2D eigenvalue weighted by atomic mass is 19.3. The van der Waals surface area contributed by atoms with Gasteiger partial charge in [0.25, 0.3) is 0 Å².